The van der Waals surface area contributed by atoms with Crippen LogP contribution in [-0.4, -0.2) is 67.4 Å². The van der Waals surface area contributed by atoms with E-state index < -0.39 is 16.9 Å². The fourth-order valence-corrected chi connectivity index (χ4v) is 3.77. The van der Waals surface area contributed by atoms with E-state index >= 15 is 0 Å². The lowest BCUT2D eigenvalue weighted by Gasteiger charge is -2.29. The summed E-state index contributed by atoms with van der Waals surface area (Å²) in [6.45, 7) is 4.21. The van der Waals surface area contributed by atoms with Gasteiger partial charge in [0, 0.05) is 60.7 Å². The van der Waals surface area contributed by atoms with Gasteiger partial charge in [0.15, 0.2) is 0 Å². The zero-order valence-corrected chi connectivity index (χ0v) is 15.5. The van der Waals surface area contributed by atoms with Crippen LogP contribution in [0.4, 0.5) is 11.4 Å². The lowest BCUT2D eigenvalue weighted by Crippen LogP contribution is -2.40. The van der Waals surface area contributed by atoms with Crippen LogP contribution < -0.4 is 15.1 Å². The van der Waals surface area contributed by atoms with Crippen molar-refractivity contribution in [3.8, 4) is 0 Å². The van der Waals surface area contributed by atoms with E-state index in [4.69, 9.17) is 4.74 Å². The number of likely N-dealkylation sites (N-methyl/N-ethyl adjacent to an activating group) is 1. The number of benzene rings is 1. The molecule has 0 bridgehead atoms. The minimum Gasteiger partial charge on any atom is -0.461 e. The highest BCUT2D eigenvalue weighted by Gasteiger charge is 2.17. The summed E-state index contributed by atoms with van der Waals surface area (Å²) in [7, 11) is 1.23. The molecule has 25 heavy (non-hydrogen) atoms. The Labute approximate surface area is 150 Å². The number of nitrogens with zero attached hydrogens (tertiary/aromatic N) is 2. The molecule has 2 rings (SSSR count). The van der Waals surface area contributed by atoms with Crippen LogP contribution in [0.2, 0.25) is 0 Å². The third kappa shape index (κ3) is 6.04. The van der Waals surface area contributed by atoms with Crippen LogP contribution in [0.15, 0.2) is 24.3 Å². The second-order valence-corrected chi connectivity index (χ2v) is 7.72. The Morgan fingerprint density at radius 1 is 1.36 bits per heavy atom. The van der Waals surface area contributed by atoms with E-state index in [1.54, 1.807) is 0 Å². The molecule has 0 radical (unpaired) electrons. The van der Waals surface area contributed by atoms with Crippen molar-refractivity contribution >= 4 is 34.6 Å². The van der Waals surface area contributed by atoms with Crippen LogP contribution in [0.25, 0.3) is 0 Å². The largest absolute Gasteiger partial charge is 0.461 e. The maximum atomic E-state index is 11.4. The molecule has 1 N–H and O–H groups in total. The standard InChI is InChI=1S/C17H25N3O4S/c1-14(22)18-11-17(24-13-21)12-19(2)15-3-5-16(6-4-15)20-7-9-25(23)10-8-20/h3-6,13,17H,7-12H2,1-2H3,(H,18,22)/t17-/m0/s1. The predicted octanol–water partition coefficient (Wildman–Crippen LogP) is 0.369. The van der Waals surface area contributed by atoms with Crippen LogP contribution in [0.3, 0.4) is 0 Å². The van der Waals surface area contributed by atoms with Gasteiger partial charge in [-0.1, -0.05) is 0 Å². The van der Waals surface area contributed by atoms with Crippen molar-refractivity contribution in [1.82, 2.24) is 5.32 Å². The molecule has 0 spiro atoms. The fraction of sp³-hybridized carbons (Fsp3) is 0.529. The Morgan fingerprint density at radius 3 is 2.56 bits per heavy atom. The van der Waals surface area contributed by atoms with Gasteiger partial charge in [0.05, 0.1) is 13.1 Å². The van der Waals surface area contributed by atoms with E-state index in [1.807, 2.05) is 36.2 Å². The van der Waals surface area contributed by atoms with E-state index in [0.717, 1.165) is 36.0 Å². The number of amides is 1. The van der Waals surface area contributed by atoms with Gasteiger partial charge in [-0.25, -0.2) is 0 Å². The predicted molar refractivity (Wildman–Crippen MR) is 99.4 cm³/mol. The van der Waals surface area contributed by atoms with Crippen molar-refractivity contribution in [2.75, 3.05) is 54.5 Å². The van der Waals surface area contributed by atoms with Gasteiger partial charge in [-0.05, 0) is 24.3 Å². The Bertz CT molecular complexity index is 598. The summed E-state index contributed by atoms with van der Waals surface area (Å²) in [5, 5.41) is 2.66. The average Bonchev–Trinajstić information content (AvgIpc) is 2.60. The number of rotatable bonds is 8. The zero-order valence-electron chi connectivity index (χ0n) is 14.6. The molecule has 8 heteroatoms. The number of ether oxygens (including phenoxy) is 1. The SMILES string of the molecule is CC(=O)NC[C@@H](CN(C)c1ccc(N2CCS(=O)CC2)cc1)OC=O. The topological polar surface area (TPSA) is 79.0 Å². The molecule has 1 atom stereocenters. The summed E-state index contributed by atoms with van der Waals surface area (Å²) in [5.74, 6) is 1.28. The summed E-state index contributed by atoms with van der Waals surface area (Å²) in [6.07, 6.45) is -0.414. The first-order valence-electron chi connectivity index (χ1n) is 8.24. The van der Waals surface area contributed by atoms with E-state index in [0.29, 0.717) is 13.0 Å². The highest BCUT2D eigenvalue weighted by molar-refractivity contribution is 7.85. The minimum atomic E-state index is -0.683. The van der Waals surface area contributed by atoms with E-state index in [9.17, 15) is 13.8 Å². The van der Waals surface area contributed by atoms with Crippen LogP contribution in [0, 0.1) is 0 Å². The first kappa shape index (κ1) is 19.2. The Morgan fingerprint density at radius 2 is 2.00 bits per heavy atom. The van der Waals surface area contributed by atoms with Gasteiger partial charge in [-0.15, -0.1) is 0 Å². The van der Waals surface area contributed by atoms with Crippen molar-refractivity contribution in [3.63, 3.8) is 0 Å². The van der Waals surface area contributed by atoms with Crippen molar-refractivity contribution in [2.24, 2.45) is 0 Å². The molecule has 1 aromatic carbocycles. The average molecular weight is 367 g/mol. The molecule has 0 aliphatic carbocycles. The molecule has 1 fully saturated rings. The molecule has 0 unspecified atom stereocenters. The molecule has 1 aliphatic rings. The summed E-state index contributed by atoms with van der Waals surface area (Å²) < 4.78 is 16.5. The maximum Gasteiger partial charge on any atom is 0.293 e. The quantitative estimate of drug-likeness (QED) is 0.669. The second kappa shape index (κ2) is 9.41. The highest BCUT2D eigenvalue weighted by Crippen LogP contribution is 2.21. The molecule has 1 saturated heterocycles. The smallest absolute Gasteiger partial charge is 0.293 e. The van der Waals surface area contributed by atoms with Gasteiger partial charge in [0.2, 0.25) is 5.91 Å². The van der Waals surface area contributed by atoms with E-state index in [-0.39, 0.29) is 12.5 Å². The Kier molecular flexibility index (Phi) is 7.24. The summed E-state index contributed by atoms with van der Waals surface area (Å²) in [5.41, 5.74) is 2.11. The molecule has 0 aromatic heterocycles. The van der Waals surface area contributed by atoms with E-state index in [1.165, 1.54) is 6.92 Å². The summed E-state index contributed by atoms with van der Waals surface area (Å²) >= 11 is 0. The molecular formula is C17H25N3O4S. The van der Waals surface area contributed by atoms with Crippen molar-refractivity contribution in [1.29, 1.82) is 0 Å². The van der Waals surface area contributed by atoms with E-state index in [2.05, 4.69) is 10.2 Å². The van der Waals surface area contributed by atoms with Crippen LogP contribution in [0.1, 0.15) is 6.92 Å². The monoisotopic (exact) mass is 367 g/mol. The lowest BCUT2D eigenvalue weighted by molar-refractivity contribution is -0.134. The number of anilines is 2. The Balaban J connectivity index is 1.94. The third-order valence-electron chi connectivity index (χ3n) is 4.14. The molecular weight excluding hydrogens is 342 g/mol. The lowest BCUT2D eigenvalue weighted by atomic mass is 10.2. The molecule has 1 amide bonds. The molecule has 1 aliphatic heterocycles. The fourth-order valence-electron chi connectivity index (χ4n) is 2.72. The Hall–Kier alpha value is -2.09. The van der Waals surface area contributed by atoms with Gasteiger partial charge < -0.3 is 19.9 Å². The number of carbonyl (C=O) groups excluding carboxylic acids is 2. The number of hydrogen-bond acceptors (Lipinski definition) is 6. The van der Waals surface area contributed by atoms with Gasteiger partial charge in [0.25, 0.3) is 6.47 Å². The van der Waals surface area contributed by atoms with Crippen LogP contribution in [-0.2, 0) is 25.1 Å². The third-order valence-corrected chi connectivity index (χ3v) is 5.41. The van der Waals surface area contributed by atoms with Gasteiger partial charge in [0.1, 0.15) is 6.10 Å². The normalized spacial score (nSPS) is 16.2. The molecule has 0 saturated carbocycles. The van der Waals surface area contributed by atoms with Crippen molar-refractivity contribution in [3.05, 3.63) is 24.3 Å². The molecule has 1 heterocycles. The highest BCUT2D eigenvalue weighted by atomic mass is 32.2. The number of nitrogens with one attached hydrogen (secondary N) is 1. The van der Waals surface area contributed by atoms with Crippen LogP contribution >= 0.6 is 0 Å². The van der Waals surface area contributed by atoms with Crippen molar-refractivity contribution < 1.29 is 18.5 Å². The van der Waals surface area contributed by atoms with Crippen molar-refractivity contribution in [2.45, 2.75) is 13.0 Å². The maximum absolute atomic E-state index is 11.4. The molecule has 7 nitrogen and oxygen atoms in total. The molecule has 138 valence electrons. The van der Waals surface area contributed by atoms with Gasteiger partial charge in [-0.2, -0.15) is 0 Å². The first-order chi connectivity index (χ1) is 12.0. The summed E-state index contributed by atoms with van der Waals surface area (Å²) in [4.78, 5) is 25.9. The van der Waals surface area contributed by atoms with Gasteiger partial charge >= 0.3 is 0 Å². The summed E-state index contributed by atoms with van der Waals surface area (Å²) in [6, 6.07) is 8.11. The van der Waals surface area contributed by atoms with Gasteiger partial charge in [-0.3, -0.25) is 13.8 Å². The number of hydrogen-bond donors (Lipinski definition) is 1. The molecule has 1 aromatic rings. The minimum absolute atomic E-state index is 0.158. The van der Waals surface area contributed by atoms with Crippen LogP contribution in [0.5, 0.6) is 0 Å². The first-order valence-corrected chi connectivity index (χ1v) is 9.73. The second-order valence-electron chi connectivity index (χ2n) is 6.02. The zero-order chi connectivity index (χ0) is 18.2. The number of carbonyl (C=O) groups is 2.